The van der Waals surface area contributed by atoms with Gasteiger partial charge in [0.05, 0.1) is 6.10 Å². The van der Waals surface area contributed by atoms with Crippen LogP contribution in [0.2, 0.25) is 0 Å². The lowest BCUT2D eigenvalue weighted by atomic mass is 9.63. The zero-order valence-electron chi connectivity index (χ0n) is 9.14. The van der Waals surface area contributed by atoms with Gasteiger partial charge in [-0.2, -0.15) is 0 Å². The molecule has 0 heterocycles. The largest absolute Gasteiger partial charge is 0.393 e. The first kappa shape index (κ1) is 10.8. The zero-order chi connectivity index (χ0) is 10.1. The van der Waals surface area contributed by atoms with Crippen molar-refractivity contribution in [3.05, 3.63) is 12.2 Å². The van der Waals surface area contributed by atoms with Crippen LogP contribution in [0.15, 0.2) is 12.2 Å². The Balaban J connectivity index is 2.77. The first-order valence-corrected chi connectivity index (χ1v) is 5.33. The summed E-state index contributed by atoms with van der Waals surface area (Å²) in [5.41, 5.74) is 1.62. The van der Waals surface area contributed by atoms with Gasteiger partial charge in [-0.15, -0.1) is 0 Å². The average molecular weight is 182 g/mol. The Morgan fingerprint density at radius 2 is 2.23 bits per heavy atom. The summed E-state index contributed by atoms with van der Waals surface area (Å²) in [6.07, 6.45) is 4.12. The Labute approximate surface area is 81.9 Å². The van der Waals surface area contributed by atoms with Crippen LogP contribution in [-0.2, 0) is 0 Å². The van der Waals surface area contributed by atoms with Crippen molar-refractivity contribution >= 4 is 0 Å². The van der Waals surface area contributed by atoms with E-state index in [1.54, 1.807) is 0 Å². The van der Waals surface area contributed by atoms with Gasteiger partial charge in [-0.1, -0.05) is 32.4 Å². The summed E-state index contributed by atoms with van der Waals surface area (Å²) in [6, 6.07) is 0. The molecule has 1 nitrogen and oxygen atoms in total. The second-order valence-electron chi connectivity index (χ2n) is 4.83. The lowest BCUT2D eigenvalue weighted by molar-refractivity contribution is 0.0318. The van der Waals surface area contributed by atoms with E-state index in [0.29, 0.717) is 11.3 Å². The number of hydrogen-bond acceptors (Lipinski definition) is 1. The van der Waals surface area contributed by atoms with Gasteiger partial charge in [0.25, 0.3) is 0 Å². The highest BCUT2D eigenvalue weighted by Gasteiger charge is 2.38. The van der Waals surface area contributed by atoms with Crippen LogP contribution in [0.4, 0.5) is 0 Å². The molecule has 1 fully saturated rings. The molecule has 1 aliphatic rings. The molecule has 0 aromatic rings. The smallest absolute Gasteiger partial charge is 0.0546 e. The molecule has 1 rings (SSSR count). The van der Waals surface area contributed by atoms with E-state index < -0.39 is 0 Å². The third-order valence-corrected chi connectivity index (χ3v) is 3.80. The highest BCUT2D eigenvalue weighted by atomic mass is 16.3. The lowest BCUT2D eigenvalue weighted by Gasteiger charge is -2.43. The normalized spacial score (nSPS) is 40.3. The highest BCUT2D eigenvalue weighted by Crippen LogP contribution is 2.46. The molecule has 0 spiro atoms. The molecule has 1 heteroatoms. The van der Waals surface area contributed by atoms with Crippen molar-refractivity contribution in [3.63, 3.8) is 0 Å². The van der Waals surface area contributed by atoms with Crippen LogP contribution < -0.4 is 0 Å². The van der Waals surface area contributed by atoms with Crippen LogP contribution in [0, 0.1) is 11.3 Å². The Morgan fingerprint density at radius 1 is 1.62 bits per heavy atom. The molecule has 1 aliphatic carbocycles. The van der Waals surface area contributed by atoms with E-state index in [1.165, 1.54) is 12.0 Å². The molecule has 0 aliphatic heterocycles. The Morgan fingerprint density at radius 3 is 2.69 bits per heavy atom. The Hall–Kier alpha value is -0.300. The van der Waals surface area contributed by atoms with E-state index >= 15 is 0 Å². The molecule has 76 valence electrons. The van der Waals surface area contributed by atoms with Crippen molar-refractivity contribution < 1.29 is 5.11 Å². The highest BCUT2D eigenvalue weighted by molar-refractivity contribution is 5.06. The monoisotopic (exact) mass is 182 g/mol. The van der Waals surface area contributed by atoms with Crippen molar-refractivity contribution in [1.82, 2.24) is 0 Å². The molecule has 0 radical (unpaired) electrons. The maximum absolute atomic E-state index is 9.62. The van der Waals surface area contributed by atoms with E-state index in [4.69, 9.17) is 0 Å². The van der Waals surface area contributed by atoms with Crippen LogP contribution in [0.25, 0.3) is 0 Å². The van der Waals surface area contributed by atoms with Gasteiger partial charge in [0.15, 0.2) is 0 Å². The van der Waals surface area contributed by atoms with Crippen LogP contribution in [0.3, 0.4) is 0 Å². The van der Waals surface area contributed by atoms with Gasteiger partial charge in [0.1, 0.15) is 0 Å². The molecule has 1 N–H and O–H groups in total. The summed E-state index contributed by atoms with van der Waals surface area (Å²) >= 11 is 0. The topological polar surface area (TPSA) is 20.2 Å². The number of hydrogen-bond donors (Lipinski definition) is 1. The fourth-order valence-corrected chi connectivity index (χ4v) is 2.56. The summed E-state index contributed by atoms with van der Waals surface area (Å²) in [5, 5.41) is 9.62. The fraction of sp³-hybridized carbons (Fsp3) is 0.833. The molecule has 0 unspecified atom stereocenters. The molecule has 0 bridgehead atoms. The first-order valence-electron chi connectivity index (χ1n) is 5.33. The first-order chi connectivity index (χ1) is 5.99. The van der Waals surface area contributed by atoms with Gasteiger partial charge < -0.3 is 5.11 Å². The van der Waals surface area contributed by atoms with E-state index in [1.807, 2.05) is 0 Å². The number of rotatable bonds is 2. The third-order valence-electron chi connectivity index (χ3n) is 3.80. The van der Waals surface area contributed by atoms with Crippen LogP contribution in [-0.4, -0.2) is 11.2 Å². The predicted molar refractivity (Wildman–Crippen MR) is 56.6 cm³/mol. The van der Waals surface area contributed by atoms with Gasteiger partial charge >= 0.3 is 0 Å². The van der Waals surface area contributed by atoms with E-state index in [2.05, 4.69) is 27.4 Å². The second-order valence-corrected chi connectivity index (χ2v) is 4.83. The van der Waals surface area contributed by atoms with Crippen LogP contribution >= 0.6 is 0 Å². The van der Waals surface area contributed by atoms with E-state index in [-0.39, 0.29) is 6.10 Å². The summed E-state index contributed by atoms with van der Waals surface area (Å²) in [7, 11) is 0. The average Bonchev–Trinajstić information content (AvgIpc) is 2.09. The number of aliphatic hydroxyl groups excluding tert-OH is 1. The quantitative estimate of drug-likeness (QED) is 0.650. The molecule has 1 saturated carbocycles. The maximum Gasteiger partial charge on any atom is 0.0546 e. The van der Waals surface area contributed by atoms with Gasteiger partial charge in [-0.25, -0.2) is 0 Å². The minimum atomic E-state index is -0.0960. The van der Waals surface area contributed by atoms with Gasteiger partial charge in [-0.05, 0) is 37.5 Å². The molecule has 0 aromatic carbocycles. The SMILES string of the molecule is C=C(C)[C@@H]1C[C@@H](O)CC[C@@]1(C)CC. The Bertz CT molecular complexity index is 197. The summed E-state index contributed by atoms with van der Waals surface area (Å²) in [6.45, 7) is 10.7. The van der Waals surface area contributed by atoms with Crippen LogP contribution in [0.1, 0.15) is 46.5 Å². The molecule has 13 heavy (non-hydrogen) atoms. The molecular formula is C12H22O. The van der Waals surface area contributed by atoms with Gasteiger partial charge in [0.2, 0.25) is 0 Å². The zero-order valence-corrected chi connectivity index (χ0v) is 9.14. The van der Waals surface area contributed by atoms with Crippen molar-refractivity contribution in [2.75, 3.05) is 0 Å². The minimum Gasteiger partial charge on any atom is -0.393 e. The molecule has 0 amide bonds. The van der Waals surface area contributed by atoms with E-state index in [0.717, 1.165) is 19.3 Å². The summed E-state index contributed by atoms with van der Waals surface area (Å²) in [5.74, 6) is 0.515. The molecule has 3 atom stereocenters. The second kappa shape index (κ2) is 3.83. The van der Waals surface area contributed by atoms with Crippen molar-refractivity contribution in [2.24, 2.45) is 11.3 Å². The number of aliphatic hydroxyl groups is 1. The van der Waals surface area contributed by atoms with Crippen molar-refractivity contribution in [2.45, 2.75) is 52.6 Å². The maximum atomic E-state index is 9.62. The third kappa shape index (κ3) is 2.14. The molecule has 0 saturated heterocycles. The lowest BCUT2D eigenvalue weighted by Crippen LogP contribution is -2.36. The summed E-state index contributed by atoms with van der Waals surface area (Å²) < 4.78 is 0. The minimum absolute atomic E-state index is 0.0960. The van der Waals surface area contributed by atoms with Gasteiger partial charge in [0, 0.05) is 0 Å². The van der Waals surface area contributed by atoms with Gasteiger partial charge in [-0.3, -0.25) is 0 Å². The molecule has 0 aromatic heterocycles. The number of allylic oxidation sites excluding steroid dienone is 1. The Kier molecular flexibility index (Phi) is 3.18. The van der Waals surface area contributed by atoms with Crippen LogP contribution in [0.5, 0.6) is 0 Å². The summed E-state index contributed by atoms with van der Waals surface area (Å²) in [4.78, 5) is 0. The fourth-order valence-electron chi connectivity index (χ4n) is 2.56. The standard InChI is InChI=1S/C12H22O/c1-5-12(4)7-6-10(13)8-11(12)9(2)3/h10-11,13H,2,5-8H2,1,3-4H3/t10-,11-,12+/m0/s1. The van der Waals surface area contributed by atoms with Crippen molar-refractivity contribution in [3.8, 4) is 0 Å². The van der Waals surface area contributed by atoms with Crippen molar-refractivity contribution in [1.29, 1.82) is 0 Å². The predicted octanol–water partition coefficient (Wildman–Crippen LogP) is 3.14. The van der Waals surface area contributed by atoms with E-state index in [9.17, 15) is 5.11 Å². The molecular weight excluding hydrogens is 160 g/mol.